The summed E-state index contributed by atoms with van der Waals surface area (Å²) in [6, 6.07) is 0. The number of methoxy groups -OCH3 is 1. The predicted molar refractivity (Wildman–Crippen MR) is 78.7 cm³/mol. The Balaban J connectivity index is 2.60. The van der Waals surface area contributed by atoms with E-state index in [2.05, 4.69) is 27.3 Å². The summed E-state index contributed by atoms with van der Waals surface area (Å²) < 4.78 is 7.30. The highest BCUT2D eigenvalue weighted by molar-refractivity contribution is 5.58. The van der Waals surface area contributed by atoms with Gasteiger partial charge in [-0.05, 0) is 32.8 Å². The molecule has 0 aliphatic heterocycles. The van der Waals surface area contributed by atoms with Gasteiger partial charge in [0.1, 0.15) is 6.33 Å². The molecule has 0 bridgehead atoms. The summed E-state index contributed by atoms with van der Waals surface area (Å²) in [5, 5.41) is 7.75. The lowest BCUT2D eigenvalue weighted by Crippen LogP contribution is -2.09. The van der Waals surface area contributed by atoms with Crippen molar-refractivity contribution in [2.75, 3.05) is 19.0 Å². The minimum atomic E-state index is 0.614. The maximum Gasteiger partial charge on any atom is 0.206 e. The molecule has 2 heterocycles. The summed E-state index contributed by atoms with van der Waals surface area (Å²) in [5.74, 6) is 1.96. The van der Waals surface area contributed by atoms with Crippen LogP contribution in [0.15, 0.2) is 6.33 Å². The monoisotopic (exact) mass is 275 g/mol. The number of aromatic nitrogens is 4. The van der Waals surface area contributed by atoms with E-state index in [9.17, 15) is 0 Å². The molecule has 6 nitrogen and oxygen atoms in total. The average molecular weight is 275 g/mol. The second-order valence-electron chi connectivity index (χ2n) is 4.52. The van der Waals surface area contributed by atoms with Crippen LogP contribution in [0.25, 0.3) is 5.82 Å². The van der Waals surface area contributed by atoms with E-state index in [1.165, 1.54) is 11.9 Å². The molecule has 108 valence electrons. The van der Waals surface area contributed by atoms with Gasteiger partial charge in [0.25, 0.3) is 0 Å². The molecule has 2 aromatic rings. The van der Waals surface area contributed by atoms with Gasteiger partial charge in [0.05, 0.1) is 12.8 Å². The van der Waals surface area contributed by atoms with Crippen molar-refractivity contribution >= 4 is 5.82 Å². The van der Waals surface area contributed by atoms with Gasteiger partial charge in [0.2, 0.25) is 11.6 Å². The zero-order valence-electron chi connectivity index (χ0n) is 12.7. The number of rotatable bonds is 5. The molecule has 2 rings (SSSR count). The summed E-state index contributed by atoms with van der Waals surface area (Å²) in [5.41, 5.74) is 3.36. The molecule has 0 saturated carbocycles. The van der Waals surface area contributed by atoms with Crippen LogP contribution >= 0.6 is 0 Å². The second-order valence-corrected chi connectivity index (χ2v) is 4.52. The molecule has 0 aromatic carbocycles. The zero-order valence-corrected chi connectivity index (χ0v) is 12.7. The van der Waals surface area contributed by atoms with E-state index in [1.807, 2.05) is 25.5 Å². The van der Waals surface area contributed by atoms with Gasteiger partial charge in [-0.25, -0.2) is 14.6 Å². The summed E-state index contributed by atoms with van der Waals surface area (Å²) in [6.45, 7) is 8.97. The average Bonchev–Trinajstić information content (AvgIpc) is 2.73. The number of aryl methyl sites for hydroxylation is 1. The van der Waals surface area contributed by atoms with Gasteiger partial charge in [0, 0.05) is 12.2 Å². The maximum atomic E-state index is 5.47. The number of hydrogen-bond acceptors (Lipinski definition) is 5. The lowest BCUT2D eigenvalue weighted by atomic mass is 10.1. The Hall–Kier alpha value is -2.11. The highest BCUT2D eigenvalue weighted by atomic mass is 16.5. The van der Waals surface area contributed by atoms with Crippen molar-refractivity contribution in [3.8, 4) is 11.6 Å². The van der Waals surface area contributed by atoms with Gasteiger partial charge >= 0.3 is 0 Å². The van der Waals surface area contributed by atoms with E-state index in [-0.39, 0.29) is 0 Å². The molecule has 0 fully saturated rings. The van der Waals surface area contributed by atoms with Crippen LogP contribution in [0.4, 0.5) is 5.82 Å². The zero-order chi connectivity index (χ0) is 14.7. The molecule has 0 spiro atoms. The van der Waals surface area contributed by atoms with Gasteiger partial charge in [-0.15, -0.1) is 0 Å². The largest absolute Gasteiger partial charge is 0.490 e. The Labute approximate surface area is 119 Å². The van der Waals surface area contributed by atoms with Crippen LogP contribution in [0.2, 0.25) is 0 Å². The molecule has 0 saturated heterocycles. The quantitative estimate of drug-likeness (QED) is 0.907. The molecule has 20 heavy (non-hydrogen) atoms. The molecule has 0 atom stereocenters. The second kappa shape index (κ2) is 5.90. The van der Waals surface area contributed by atoms with Gasteiger partial charge in [-0.3, -0.25) is 0 Å². The molecule has 0 radical (unpaired) electrons. The summed E-state index contributed by atoms with van der Waals surface area (Å²) in [4.78, 5) is 8.55. The third-order valence-corrected chi connectivity index (χ3v) is 3.33. The molecule has 0 amide bonds. The minimum Gasteiger partial charge on any atom is -0.490 e. The first kappa shape index (κ1) is 14.3. The van der Waals surface area contributed by atoms with Crippen molar-refractivity contribution in [1.82, 2.24) is 19.7 Å². The highest BCUT2D eigenvalue weighted by Crippen LogP contribution is 2.29. The third-order valence-electron chi connectivity index (χ3n) is 3.33. The van der Waals surface area contributed by atoms with E-state index in [4.69, 9.17) is 4.74 Å². The number of hydrogen-bond donors (Lipinski definition) is 1. The van der Waals surface area contributed by atoms with Gasteiger partial charge < -0.3 is 10.1 Å². The smallest absolute Gasteiger partial charge is 0.206 e. The first-order chi connectivity index (χ1) is 9.63. The molecular weight excluding hydrogens is 254 g/mol. The van der Waals surface area contributed by atoms with Gasteiger partial charge in [-0.1, -0.05) is 6.92 Å². The van der Waals surface area contributed by atoms with E-state index < -0.39 is 0 Å². The SMILES string of the molecule is CCNc1ncnc(-n2nc(C)c(CC)c2C)c1OC. The highest BCUT2D eigenvalue weighted by Gasteiger charge is 2.18. The van der Waals surface area contributed by atoms with E-state index >= 15 is 0 Å². The normalized spacial score (nSPS) is 10.7. The van der Waals surface area contributed by atoms with Crippen molar-refractivity contribution < 1.29 is 4.74 Å². The summed E-state index contributed by atoms with van der Waals surface area (Å²) in [6.07, 6.45) is 2.48. The Kier molecular flexibility index (Phi) is 4.22. The van der Waals surface area contributed by atoms with Crippen molar-refractivity contribution in [2.45, 2.75) is 34.1 Å². The van der Waals surface area contributed by atoms with Crippen LogP contribution in [0, 0.1) is 13.8 Å². The maximum absolute atomic E-state index is 5.47. The Morgan fingerprint density at radius 1 is 1.25 bits per heavy atom. The Bertz CT molecular complexity index is 606. The van der Waals surface area contributed by atoms with Crippen molar-refractivity contribution in [2.24, 2.45) is 0 Å². The van der Waals surface area contributed by atoms with Crippen LogP contribution in [-0.4, -0.2) is 33.4 Å². The van der Waals surface area contributed by atoms with Crippen molar-refractivity contribution in [1.29, 1.82) is 0 Å². The fraction of sp³-hybridized carbons (Fsp3) is 0.500. The summed E-state index contributed by atoms with van der Waals surface area (Å²) in [7, 11) is 1.62. The van der Waals surface area contributed by atoms with Crippen LogP contribution in [0.5, 0.6) is 5.75 Å². The molecule has 1 N–H and O–H groups in total. The number of anilines is 1. The predicted octanol–water partition coefficient (Wildman–Crippen LogP) is 2.28. The Morgan fingerprint density at radius 2 is 2.00 bits per heavy atom. The van der Waals surface area contributed by atoms with Crippen LogP contribution in [-0.2, 0) is 6.42 Å². The van der Waals surface area contributed by atoms with Crippen LogP contribution in [0.3, 0.4) is 0 Å². The lowest BCUT2D eigenvalue weighted by Gasteiger charge is -2.13. The van der Waals surface area contributed by atoms with Crippen LogP contribution in [0.1, 0.15) is 30.8 Å². The lowest BCUT2D eigenvalue weighted by molar-refractivity contribution is 0.408. The van der Waals surface area contributed by atoms with Crippen molar-refractivity contribution in [3.05, 3.63) is 23.3 Å². The van der Waals surface area contributed by atoms with Crippen LogP contribution < -0.4 is 10.1 Å². The van der Waals surface area contributed by atoms with Gasteiger partial charge in [-0.2, -0.15) is 5.10 Å². The van der Waals surface area contributed by atoms with E-state index in [0.29, 0.717) is 17.4 Å². The number of ether oxygens (including phenoxy) is 1. The standard InChI is InChI=1S/C14H21N5O/c1-6-11-9(3)18-19(10(11)4)14-12(20-5)13(15-7-2)16-8-17-14/h8H,6-7H2,1-5H3,(H,15,16,17). The Morgan fingerprint density at radius 3 is 2.55 bits per heavy atom. The van der Waals surface area contributed by atoms with Crippen molar-refractivity contribution in [3.63, 3.8) is 0 Å². The number of nitrogens with one attached hydrogen (secondary N) is 1. The fourth-order valence-corrected chi connectivity index (χ4v) is 2.39. The molecular formula is C14H21N5O. The topological polar surface area (TPSA) is 64.9 Å². The molecule has 0 aliphatic carbocycles. The minimum absolute atomic E-state index is 0.614. The van der Waals surface area contributed by atoms with E-state index in [1.54, 1.807) is 7.11 Å². The molecule has 2 aromatic heterocycles. The molecule has 0 aliphatic rings. The first-order valence-corrected chi connectivity index (χ1v) is 6.82. The third kappa shape index (κ3) is 2.33. The molecule has 6 heteroatoms. The van der Waals surface area contributed by atoms with Gasteiger partial charge in [0.15, 0.2) is 5.82 Å². The van der Waals surface area contributed by atoms with E-state index in [0.717, 1.165) is 24.4 Å². The first-order valence-electron chi connectivity index (χ1n) is 6.82. The summed E-state index contributed by atoms with van der Waals surface area (Å²) >= 11 is 0. The molecule has 0 unspecified atom stereocenters. The fourth-order valence-electron chi connectivity index (χ4n) is 2.39. The number of nitrogens with zero attached hydrogens (tertiary/aromatic N) is 4.